The van der Waals surface area contributed by atoms with Gasteiger partial charge in [0.15, 0.2) is 5.06 Å². The van der Waals surface area contributed by atoms with Crippen molar-refractivity contribution in [1.82, 2.24) is 0 Å². The minimum atomic E-state index is 0.214. The Bertz CT molecular complexity index is 802. The lowest BCUT2D eigenvalue weighted by Gasteiger charge is -2.08. The Balaban J connectivity index is 1.43. The third-order valence-electron chi connectivity index (χ3n) is 6.14. The van der Waals surface area contributed by atoms with E-state index in [2.05, 4.69) is 12.2 Å². The molecule has 0 atom stereocenters. The second kappa shape index (κ2) is 18.4. The molecule has 0 bridgehead atoms. The summed E-state index contributed by atoms with van der Waals surface area (Å²) in [4.78, 5) is 0. The van der Waals surface area contributed by atoms with Gasteiger partial charge in [-0.1, -0.05) is 69.9 Å². The summed E-state index contributed by atoms with van der Waals surface area (Å²) < 4.78 is 5.77. The van der Waals surface area contributed by atoms with Crippen molar-refractivity contribution in [3.63, 3.8) is 0 Å². The summed E-state index contributed by atoms with van der Waals surface area (Å²) in [7, 11) is 0. The Morgan fingerprint density at radius 1 is 0.735 bits per heavy atom. The number of nitrogens with two attached hydrogens (primary N) is 1. The van der Waals surface area contributed by atoms with E-state index in [-0.39, 0.29) is 5.75 Å². The number of allylic oxidation sites excluding steroid dienone is 2. The molecule has 1 heterocycles. The fourth-order valence-corrected chi connectivity index (χ4v) is 4.75. The van der Waals surface area contributed by atoms with Gasteiger partial charge in [0.25, 0.3) is 0 Å². The van der Waals surface area contributed by atoms with Crippen LogP contribution >= 0.6 is 11.3 Å². The molecule has 4 nitrogen and oxygen atoms in total. The first-order valence-corrected chi connectivity index (χ1v) is 14.2. The van der Waals surface area contributed by atoms with E-state index in [1.807, 2.05) is 6.07 Å². The van der Waals surface area contributed by atoms with Gasteiger partial charge in [-0.3, -0.25) is 0 Å². The molecule has 5 heteroatoms. The summed E-state index contributed by atoms with van der Waals surface area (Å²) in [6, 6.07) is 6.96. The van der Waals surface area contributed by atoms with Crippen LogP contribution in [-0.2, 0) is 6.42 Å². The van der Waals surface area contributed by atoms with E-state index in [1.54, 1.807) is 23.6 Å². The van der Waals surface area contributed by atoms with Gasteiger partial charge in [-0.2, -0.15) is 0 Å². The van der Waals surface area contributed by atoms with E-state index in [1.165, 1.54) is 101 Å². The first-order valence-electron chi connectivity index (χ1n) is 13.3. The van der Waals surface area contributed by atoms with Crippen molar-refractivity contribution in [3.05, 3.63) is 47.4 Å². The maximum absolute atomic E-state index is 10.1. The fourth-order valence-electron chi connectivity index (χ4n) is 4.11. The molecule has 0 fully saturated rings. The van der Waals surface area contributed by atoms with Gasteiger partial charge >= 0.3 is 0 Å². The number of hydrogen-bond acceptors (Lipinski definition) is 5. The quantitative estimate of drug-likeness (QED) is 0.129. The van der Waals surface area contributed by atoms with Crippen LogP contribution in [0.1, 0.15) is 102 Å². The molecule has 0 saturated carbocycles. The maximum Gasteiger partial charge on any atom is 0.184 e. The molecule has 0 aliphatic heterocycles. The van der Waals surface area contributed by atoms with Crippen molar-refractivity contribution < 1.29 is 14.9 Å². The molecular formula is C29H45NO3S. The Morgan fingerprint density at radius 2 is 1.32 bits per heavy atom. The number of phenols is 1. The lowest BCUT2D eigenvalue weighted by molar-refractivity contribution is 0.455. The molecule has 0 spiro atoms. The molecule has 4 N–H and O–H groups in total. The van der Waals surface area contributed by atoms with Crippen LogP contribution in [-0.4, -0.2) is 16.8 Å². The van der Waals surface area contributed by atoms with E-state index in [9.17, 15) is 10.2 Å². The van der Waals surface area contributed by atoms with Gasteiger partial charge in [0.2, 0.25) is 0 Å². The molecule has 190 valence electrons. The Kier molecular flexibility index (Phi) is 15.3. The molecule has 0 unspecified atom stereocenters. The lowest BCUT2D eigenvalue weighted by Crippen LogP contribution is -1.97. The molecule has 0 saturated heterocycles. The summed E-state index contributed by atoms with van der Waals surface area (Å²) in [5.74, 6) is 1.24. The molecule has 1 aromatic carbocycles. The number of rotatable bonds is 20. The van der Waals surface area contributed by atoms with E-state index < -0.39 is 0 Å². The van der Waals surface area contributed by atoms with Crippen molar-refractivity contribution in [2.75, 3.05) is 6.54 Å². The predicted molar refractivity (Wildman–Crippen MR) is 145 cm³/mol. The molecular weight excluding hydrogens is 442 g/mol. The second-order valence-corrected chi connectivity index (χ2v) is 10.1. The third kappa shape index (κ3) is 13.0. The normalized spacial score (nSPS) is 11.4. The van der Waals surface area contributed by atoms with Crippen molar-refractivity contribution in [2.24, 2.45) is 5.73 Å². The lowest BCUT2D eigenvalue weighted by atomic mass is 10.0. The number of unbranched alkanes of at least 4 members (excludes halogenated alkanes) is 13. The topological polar surface area (TPSA) is 75.7 Å². The minimum absolute atomic E-state index is 0.214. The van der Waals surface area contributed by atoms with Crippen LogP contribution in [0.4, 0.5) is 0 Å². The van der Waals surface area contributed by atoms with Crippen LogP contribution in [0.15, 0.2) is 41.8 Å². The standard InChI is InChI=1S/C29H45NO3S/c30-21-17-15-13-11-9-7-5-3-1-2-4-6-8-10-12-14-16-18-25-22-27(19-20-28(25)32)33-29-23-26(31)24-34-29/h1,3,19-20,22-24,31-32H,2,4-18,21,30H2. The van der Waals surface area contributed by atoms with Crippen molar-refractivity contribution in [1.29, 1.82) is 0 Å². The first kappa shape index (κ1) is 28.3. The predicted octanol–water partition coefficient (Wildman–Crippen LogP) is 8.86. The zero-order chi connectivity index (χ0) is 24.3. The molecule has 0 aliphatic rings. The SMILES string of the molecule is NCCCCCCCCC=CCCCCCCCCCc1cc(Oc2cc(O)cs2)ccc1O. The highest BCUT2D eigenvalue weighted by Crippen LogP contribution is 2.33. The summed E-state index contributed by atoms with van der Waals surface area (Å²) in [5, 5.41) is 21.9. The number of ether oxygens (including phenoxy) is 1. The molecule has 0 amide bonds. The molecule has 1 aromatic heterocycles. The third-order valence-corrected chi connectivity index (χ3v) is 6.93. The van der Waals surface area contributed by atoms with Crippen molar-refractivity contribution in [2.45, 2.75) is 103 Å². The van der Waals surface area contributed by atoms with Crippen LogP contribution in [0.3, 0.4) is 0 Å². The van der Waals surface area contributed by atoms with E-state index in [4.69, 9.17) is 10.5 Å². The van der Waals surface area contributed by atoms with Gasteiger partial charge in [0.05, 0.1) is 0 Å². The summed E-state index contributed by atoms with van der Waals surface area (Å²) in [6.07, 6.45) is 24.7. The van der Waals surface area contributed by atoms with Crippen molar-refractivity contribution in [3.8, 4) is 22.3 Å². The fraction of sp³-hybridized carbons (Fsp3) is 0.586. The highest BCUT2D eigenvalue weighted by atomic mass is 32.1. The summed E-state index contributed by atoms with van der Waals surface area (Å²) in [6.45, 7) is 0.838. The smallest absolute Gasteiger partial charge is 0.184 e. The first-order chi connectivity index (χ1) is 16.7. The monoisotopic (exact) mass is 487 g/mol. The number of hydrogen-bond donors (Lipinski definition) is 3. The number of aryl methyl sites for hydroxylation is 1. The summed E-state index contributed by atoms with van der Waals surface area (Å²) in [5.41, 5.74) is 6.45. The average molecular weight is 488 g/mol. The number of benzene rings is 1. The maximum atomic E-state index is 10.1. The van der Waals surface area contributed by atoms with Crippen LogP contribution < -0.4 is 10.5 Å². The highest BCUT2D eigenvalue weighted by molar-refractivity contribution is 7.12. The van der Waals surface area contributed by atoms with Crippen LogP contribution in [0, 0.1) is 0 Å². The van der Waals surface area contributed by atoms with Crippen LogP contribution in [0.5, 0.6) is 22.3 Å². The van der Waals surface area contributed by atoms with E-state index >= 15 is 0 Å². The number of phenolic OH excluding ortho intramolecular Hbond substituents is 1. The van der Waals surface area contributed by atoms with Gasteiger partial charge < -0.3 is 20.7 Å². The summed E-state index contributed by atoms with van der Waals surface area (Å²) >= 11 is 1.35. The van der Waals surface area contributed by atoms with Crippen LogP contribution in [0.2, 0.25) is 0 Å². The molecule has 2 rings (SSSR count). The van der Waals surface area contributed by atoms with Gasteiger partial charge in [0.1, 0.15) is 17.2 Å². The van der Waals surface area contributed by atoms with Gasteiger partial charge in [0, 0.05) is 11.4 Å². The average Bonchev–Trinajstić information content (AvgIpc) is 3.24. The highest BCUT2D eigenvalue weighted by Gasteiger charge is 2.06. The van der Waals surface area contributed by atoms with Crippen molar-refractivity contribution >= 4 is 11.3 Å². The largest absolute Gasteiger partial charge is 0.508 e. The van der Waals surface area contributed by atoms with Gasteiger partial charge in [-0.05, 0) is 75.3 Å². The van der Waals surface area contributed by atoms with Gasteiger partial charge in [-0.15, -0.1) is 11.3 Å². The Hall–Kier alpha value is -1.98. The Labute approximate surface area is 210 Å². The van der Waals surface area contributed by atoms with Crippen LogP contribution in [0.25, 0.3) is 0 Å². The number of thiophene rings is 1. The minimum Gasteiger partial charge on any atom is -0.508 e. The molecule has 0 radical (unpaired) electrons. The Morgan fingerprint density at radius 3 is 1.91 bits per heavy atom. The van der Waals surface area contributed by atoms with E-state index in [0.717, 1.165) is 24.9 Å². The number of aromatic hydroxyl groups is 2. The van der Waals surface area contributed by atoms with Gasteiger partial charge in [-0.25, -0.2) is 0 Å². The van der Waals surface area contributed by atoms with E-state index in [0.29, 0.717) is 16.6 Å². The zero-order valence-electron chi connectivity index (χ0n) is 20.9. The zero-order valence-corrected chi connectivity index (χ0v) is 21.7. The molecule has 0 aliphatic carbocycles. The molecule has 34 heavy (non-hydrogen) atoms. The molecule has 2 aromatic rings. The second-order valence-electron chi connectivity index (χ2n) is 9.20.